The van der Waals surface area contributed by atoms with Crippen LogP contribution in [-0.2, 0) is 39.5 Å². The SMILES string of the molecule is COc1cc([C@H]2CC(=O)[C@H]3[C@@H]4C=C[C@@]56C#CC[C@@H]7N[C@]89CC[C@@]3(O)[C@H]([C@@H]7C#C[C@H]2Cc2ccccc2)[C@]82c3cc(O)c(O)cc3[C@@H]3C[C@@H]2[C@@]27C[C@@]38CCC[C@@H]8C=C2[C@H]2C[C@@H](O)C(=CC2=C[C@H]7C9)C2(CCCCC2)c2cc4c5c(c2)[C@@]2(CCCC23CCCC3)C[C@H]6O)c(CO)cc1O. The molecule has 8 N–H and O–H groups in total. The van der Waals surface area contributed by atoms with Gasteiger partial charge in [-0.15, -0.1) is 5.92 Å². The predicted molar refractivity (Wildman–Crippen MR) is 368 cm³/mol. The minimum atomic E-state index is -1.78. The number of methoxy groups -OCH3 is 1. The third-order valence-electron chi connectivity index (χ3n) is 32.6. The summed E-state index contributed by atoms with van der Waals surface area (Å²) < 4.78 is 5.95. The van der Waals surface area contributed by atoms with Crippen LogP contribution in [0, 0.1) is 87.3 Å². The molecule has 0 aromatic heterocycles. The maximum atomic E-state index is 18.3. The van der Waals surface area contributed by atoms with Gasteiger partial charge in [-0.3, -0.25) is 4.79 Å². The Kier molecular flexibility index (Phi) is 12.1. The molecule has 10 heteroatoms. The number of rotatable bonds is 5. The quantitative estimate of drug-likeness (QED) is 0.0545. The van der Waals surface area contributed by atoms with Gasteiger partial charge in [0.25, 0.3) is 0 Å². The zero-order valence-electron chi connectivity index (χ0n) is 56.2. The van der Waals surface area contributed by atoms with Gasteiger partial charge in [0.05, 0.1) is 37.4 Å². The number of aliphatic hydroxyl groups is 4. The number of nitrogens with one attached hydrogen (secondary N) is 1. The minimum absolute atomic E-state index is 0.0119. The lowest BCUT2D eigenvalue weighted by atomic mass is 9.23. The number of carbonyl (C=O) groups excluding carboxylic acids is 1. The van der Waals surface area contributed by atoms with Gasteiger partial charge in [0.1, 0.15) is 11.2 Å². The molecular formula is C87H93NO9. The molecule has 97 heavy (non-hydrogen) atoms. The fraction of sp³-hybridized carbons (Fsp3) is 0.575. The summed E-state index contributed by atoms with van der Waals surface area (Å²) in [5.41, 5.74) is 6.80. The van der Waals surface area contributed by atoms with Crippen molar-refractivity contribution in [1.29, 1.82) is 0 Å². The average molecular weight is 1300 g/mol. The summed E-state index contributed by atoms with van der Waals surface area (Å²) in [6, 6.07) is 22.4. The number of hydrogen-bond acceptors (Lipinski definition) is 10. The zero-order valence-corrected chi connectivity index (χ0v) is 56.2. The molecule has 10 nitrogen and oxygen atoms in total. The molecule has 1 aliphatic heterocycles. The molecule has 0 amide bonds. The smallest absolute Gasteiger partial charge is 0.160 e. The number of phenolic OH excluding ortho intramolecular Hbond substituents is 3. The Labute approximate surface area is 570 Å². The first kappa shape index (κ1) is 59.5. The Morgan fingerprint density at radius 2 is 1.57 bits per heavy atom. The fourth-order valence-electron chi connectivity index (χ4n) is 29.4. The Morgan fingerprint density at radius 1 is 0.753 bits per heavy atom. The number of hydrogen-bond donors (Lipinski definition) is 8. The highest BCUT2D eigenvalue weighted by atomic mass is 16.5. The molecule has 19 aliphatic rings. The number of aromatic hydroxyl groups is 3. The third kappa shape index (κ3) is 7.00. The van der Waals surface area contributed by atoms with Crippen molar-refractivity contribution in [1.82, 2.24) is 5.32 Å². The number of ketones is 1. The van der Waals surface area contributed by atoms with Crippen LogP contribution < -0.4 is 10.1 Å². The fourth-order valence-corrected chi connectivity index (χ4v) is 29.4. The summed E-state index contributed by atoms with van der Waals surface area (Å²) >= 11 is 0. The number of allylic oxidation sites excluding steroid dienone is 6. The van der Waals surface area contributed by atoms with Gasteiger partial charge in [-0.2, -0.15) is 0 Å². The number of ether oxygens (including phenoxy) is 1. The summed E-state index contributed by atoms with van der Waals surface area (Å²) in [4.78, 5) is 18.3. The van der Waals surface area contributed by atoms with E-state index in [4.69, 9.17) is 10.1 Å². The third-order valence-corrected chi connectivity index (χ3v) is 32.6. The van der Waals surface area contributed by atoms with E-state index in [0.717, 1.165) is 149 Å². The van der Waals surface area contributed by atoms with Crippen LogP contribution in [0.15, 0.2) is 114 Å². The molecule has 0 radical (unpaired) electrons. The normalized spacial score (nSPS) is 44.1. The summed E-state index contributed by atoms with van der Waals surface area (Å²) in [6.07, 6.45) is 32.3. The molecule has 21 atom stereocenters. The van der Waals surface area contributed by atoms with Crippen molar-refractivity contribution in [2.75, 3.05) is 7.11 Å². The van der Waals surface area contributed by atoms with Gasteiger partial charge in [-0.25, -0.2) is 0 Å². The lowest BCUT2D eigenvalue weighted by Gasteiger charge is -2.82. The van der Waals surface area contributed by atoms with E-state index in [1.165, 1.54) is 29.4 Å². The van der Waals surface area contributed by atoms with Crippen LogP contribution >= 0.6 is 0 Å². The van der Waals surface area contributed by atoms with Gasteiger partial charge in [0, 0.05) is 81.6 Å². The van der Waals surface area contributed by atoms with Crippen LogP contribution in [0.4, 0.5) is 0 Å². The molecule has 8 spiro atoms. The molecule has 0 unspecified atom stereocenters. The second-order valence-corrected chi connectivity index (χ2v) is 35.2. The number of phenols is 3. The Bertz CT molecular complexity index is 4420. The van der Waals surface area contributed by atoms with Gasteiger partial charge < -0.3 is 45.8 Å². The highest BCUT2D eigenvalue weighted by molar-refractivity contribution is 5.86. The van der Waals surface area contributed by atoms with Gasteiger partial charge in [0.15, 0.2) is 23.0 Å². The van der Waals surface area contributed by atoms with Crippen molar-refractivity contribution in [3.63, 3.8) is 0 Å². The molecular weight excluding hydrogens is 1200 g/mol. The van der Waals surface area contributed by atoms with Crippen LogP contribution in [0.5, 0.6) is 23.0 Å². The van der Waals surface area contributed by atoms with Gasteiger partial charge >= 0.3 is 0 Å². The molecule has 18 aliphatic carbocycles. The standard InChI is InChI=1S/C87H93NO9/c1-97-73-41-58(51(46-89)34-71(73)93)57-38-72(94)77-55-19-28-81-25-11-16-67-56(18-17-49(57)31-48-13-4-2-5-14-48)78-86(77,96)30-29-84(88-67)44-54-32-50-33-65(80(23-6-3-7-24-80)53-35-60(55)76(81)66(37-53)83(45-75(81)95)27-12-22-79(83)20-8-9-21-79)68(90)39-59(50)63-36-52-15-10-26-82(52)47-85(54,63)74-43-62(82)61-40-69(91)70(92)42-64(61)87(74,78)84/h2,4-5,13-14,19,28,32-37,40-42,49,52,54-57,59,62,67-68,74-75,77-78,88-93,95-96H,3,6-10,12,15-16,20-24,26-27,29-31,38-39,43-47H2,1H3/t49-,52+,54-,55+,56+,57-,59-,62-,67-,68+,74+,75+,77+,78-,81+,82+,83+,84-,85+,86-,87+/m0/s1. The lowest BCUT2D eigenvalue weighted by molar-refractivity contribution is -0.262. The molecule has 1 saturated heterocycles. The van der Waals surface area contributed by atoms with Gasteiger partial charge in [-0.1, -0.05) is 141 Å². The van der Waals surface area contributed by atoms with Crippen molar-refractivity contribution < 1.29 is 45.3 Å². The Morgan fingerprint density at radius 3 is 2.39 bits per heavy atom. The van der Waals surface area contributed by atoms with Crippen LogP contribution in [0.3, 0.4) is 0 Å². The zero-order chi connectivity index (χ0) is 65.3. The van der Waals surface area contributed by atoms with Crippen molar-refractivity contribution in [3.8, 4) is 46.7 Å². The second kappa shape index (κ2) is 19.8. The first-order valence-corrected chi connectivity index (χ1v) is 38.1. The van der Waals surface area contributed by atoms with Crippen molar-refractivity contribution >= 4 is 5.78 Å². The Balaban J connectivity index is 0.944. The van der Waals surface area contributed by atoms with E-state index in [9.17, 15) is 30.6 Å². The van der Waals surface area contributed by atoms with E-state index in [-0.39, 0.29) is 75.1 Å². The first-order chi connectivity index (χ1) is 47.0. The topological polar surface area (TPSA) is 180 Å². The van der Waals surface area contributed by atoms with E-state index in [0.29, 0.717) is 55.6 Å². The van der Waals surface area contributed by atoms with Crippen LogP contribution in [0.25, 0.3) is 0 Å². The van der Waals surface area contributed by atoms with Crippen molar-refractivity contribution in [3.05, 3.63) is 164 Å². The highest BCUT2D eigenvalue weighted by Crippen LogP contribution is 2.86. The predicted octanol–water partition coefficient (Wildman–Crippen LogP) is 13.7. The second-order valence-electron chi connectivity index (χ2n) is 35.2. The number of fused-ring (bicyclic) bond motifs is 7. The number of carbonyl (C=O) groups is 1. The van der Waals surface area contributed by atoms with Crippen LogP contribution in [-0.4, -0.2) is 78.0 Å². The maximum Gasteiger partial charge on any atom is 0.160 e. The van der Waals surface area contributed by atoms with Crippen LogP contribution in [0.2, 0.25) is 0 Å². The molecule has 19 bridgehead atoms. The number of Topliss-reactive ketones (excluding diaryl/α,β-unsaturated/α-hetero) is 1. The maximum absolute atomic E-state index is 18.3. The lowest BCUT2D eigenvalue weighted by Crippen LogP contribution is -2.87. The molecule has 7 saturated carbocycles. The summed E-state index contributed by atoms with van der Waals surface area (Å²) in [6.45, 7) is -0.399. The molecule has 4 aromatic carbocycles. The van der Waals surface area contributed by atoms with Gasteiger partial charge in [-0.05, 0) is 223 Å². The van der Waals surface area contributed by atoms with E-state index >= 15 is 9.90 Å². The molecule has 23 rings (SSSR count). The summed E-state index contributed by atoms with van der Waals surface area (Å²) in [5, 5.41) is 97.1. The van der Waals surface area contributed by atoms with Gasteiger partial charge in [0.2, 0.25) is 0 Å². The monoisotopic (exact) mass is 1300 g/mol. The first-order valence-electron chi connectivity index (χ1n) is 38.1. The Hall–Kier alpha value is -6.37. The summed E-state index contributed by atoms with van der Waals surface area (Å²) in [5.74, 6) is 12.2. The molecule has 4 aromatic rings. The summed E-state index contributed by atoms with van der Waals surface area (Å²) in [7, 11) is 1.54. The van der Waals surface area contributed by atoms with Crippen LogP contribution in [0.1, 0.15) is 222 Å². The van der Waals surface area contributed by atoms with E-state index < -0.39 is 93.2 Å². The van der Waals surface area contributed by atoms with Crippen molar-refractivity contribution in [2.24, 2.45) is 63.6 Å². The van der Waals surface area contributed by atoms with E-state index in [1.54, 1.807) is 6.07 Å². The van der Waals surface area contributed by atoms with E-state index in [2.05, 4.69) is 90.5 Å². The number of piperidine rings is 1. The number of aliphatic hydroxyl groups excluding tert-OH is 3. The number of benzene rings is 4. The highest BCUT2D eigenvalue weighted by Gasteiger charge is 2.85. The molecule has 500 valence electrons. The van der Waals surface area contributed by atoms with E-state index in [1.807, 2.05) is 24.3 Å². The minimum Gasteiger partial charge on any atom is -0.504 e. The largest absolute Gasteiger partial charge is 0.504 e. The molecule has 8 fully saturated rings. The van der Waals surface area contributed by atoms with Crippen molar-refractivity contribution in [2.45, 2.75) is 236 Å². The average Bonchev–Trinajstić information content (AvgIpc) is 1.11. The molecule has 1 heterocycles.